The van der Waals surface area contributed by atoms with Crippen molar-refractivity contribution in [2.45, 2.75) is 33.7 Å². The van der Waals surface area contributed by atoms with Gasteiger partial charge in [0.25, 0.3) is 5.56 Å². The monoisotopic (exact) mass is 313 g/mol. The molecule has 0 N–H and O–H groups in total. The quantitative estimate of drug-likeness (QED) is 0.854. The Balaban J connectivity index is 1.89. The van der Waals surface area contributed by atoms with Gasteiger partial charge in [0.1, 0.15) is 12.4 Å². The molecule has 122 valence electrons. The first-order valence-electron chi connectivity index (χ1n) is 8.19. The maximum atomic E-state index is 12.6. The van der Waals surface area contributed by atoms with Crippen LogP contribution in [0, 0.1) is 18.8 Å². The van der Waals surface area contributed by atoms with Gasteiger partial charge < -0.3 is 4.90 Å². The van der Waals surface area contributed by atoms with Crippen LogP contribution in [-0.4, -0.2) is 33.4 Å². The van der Waals surface area contributed by atoms with E-state index in [1.54, 1.807) is 13.0 Å². The number of fused-ring (bicyclic) bond motifs is 1. The highest BCUT2D eigenvalue weighted by Gasteiger charge is 2.26. The van der Waals surface area contributed by atoms with Crippen molar-refractivity contribution >= 4 is 16.8 Å². The van der Waals surface area contributed by atoms with Gasteiger partial charge in [0.2, 0.25) is 5.91 Å². The molecule has 0 saturated carbocycles. The third-order valence-electron chi connectivity index (χ3n) is 4.57. The Kier molecular flexibility index (Phi) is 4.20. The summed E-state index contributed by atoms with van der Waals surface area (Å²) in [6.45, 7) is 7.75. The van der Waals surface area contributed by atoms with Crippen LogP contribution in [0.1, 0.15) is 26.1 Å². The van der Waals surface area contributed by atoms with Crippen molar-refractivity contribution in [2.75, 3.05) is 13.1 Å². The van der Waals surface area contributed by atoms with Crippen LogP contribution in [0.4, 0.5) is 0 Å². The number of rotatable bonds is 2. The van der Waals surface area contributed by atoms with Gasteiger partial charge in [-0.25, -0.2) is 4.98 Å². The van der Waals surface area contributed by atoms with Crippen molar-refractivity contribution in [3.05, 3.63) is 40.4 Å². The molecule has 23 heavy (non-hydrogen) atoms. The number of carbonyl (C=O) groups is 1. The summed E-state index contributed by atoms with van der Waals surface area (Å²) in [6.07, 6.45) is 1.15. The van der Waals surface area contributed by atoms with Gasteiger partial charge in [-0.1, -0.05) is 26.0 Å². The smallest absolute Gasteiger partial charge is 0.261 e. The number of likely N-dealkylation sites (tertiary alicyclic amines) is 1. The number of amides is 1. The van der Waals surface area contributed by atoms with Crippen LogP contribution in [0.2, 0.25) is 0 Å². The Labute approximate surface area is 135 Å². The second kappa shape index (κ2) is 6.14. The second-order valence-corrected chi connectivity index (χ2v) is 6.81. The molecule has 2 unspecified atom stereocenters. The van der Waals surface area contributed by atoms with Crippen molar-refractivity contribution in [2.24, 2.45) is 11.8 Å². The van der Waals surface area contributed by atoms with Crippen molar-refractivity contribution in [3.8, 4) is 0 Å². The average molecular weight is 313 g/mol. The average Bonchev–Trinajstić information content (AvgIpc) is 2.50. The molecule has 0 radical (unpaired) electrons. The summed E-state index contributed by atoms with van der Waals surface area (Å²) in [5.41, 5.74) is 0.540. The molecule has 0 bridgehead atoms. The minimum Gasteiger partial charge on any atom is -0.341 e. The molecule has 2 atom stereocenters. The summed E-state index contributed by atoms with van der Waals surface area (Å²) in [7, 11) is 0. The zero-order valence-corrected chi connectivity index (χ0v) is 14.0. The first kappa shape index (κ1) is 15.7. The number of aryl methyl sites for hydroxylation is 1. The summed E-state index contributed by atoms with van der Waals surface area (Å²) in [4.78, 5) is 31.6. The Hall–Kier alpha value is -2.17. The predicted molar refractivity (Wildman–Crippen MR) is 90.3 cm³/mol. The molecule has 1 aromatic carbocycles. The fraction of sp³-hybridized carbons (Fsp3) is 0.500. The van der Waals surface area contributed by atoms with E-state index in [0.717, 1.165) is 19.5 Å². The number of piperidine rings is 1. The summed E-state index contributed by atoms with van der Waals surface area (Å²) in [5.74, 6) is 1.61. The second-order valence-electron chi connectivity index (χ2n) is 6.81. The van der Waals surface area contributed by atoms with E-state index in [1.807, 2.05) is 23.1 Å². The molecule has 3 rings (SSSR count). The van der Waals surface area contributed by atoms with Gasteiger partial charge in [0.15, 0.2) is 0 Å². The Morgan fingerprint density at radius 2 is 1.87 bits per heavy atom. The number of aromatic nitrogens is 2. The molecule has 1 saturated heterocycles. The van der Waals surface area contributed by atoms with Crippen molar-refractivity contribution in [1.82, 2.24) is 14.5 Å². The topological polar surface area (TPSA) is 55.2 Å². The van der Waals surface area contributed by atoms with Crippen LogP contribution in [0.3, 0.4) is 0 Å². The largest absolute Gasteiger partial charge is 0.341 e. The van der Waals surface area contributed by atoms with E-state index in [4.69, 9.17) is 0 Å². The lowest BCUT2D eigenvalue weighted by Gasteiger charge is -2.35. The molecule has 1 fully saturated rings. The van der Waals surface area contributed by atoms with Crippen LogP contribution in [0.5, 0.6) is 0 Å². The third kappa shape index (κ3) is 3.14. The molecular weight excluding hydrogens is 290 g/mol. The van der Waals surface area contributed by atoms with E-state index < -0.39 is 0 Å². The van der Waals surface area contributed by atoms with Gasteiger partial charge in [-0.3, -0.25) is 14.2 Å². The van der Waals surface area contributed by atoms with Crippen LogP contribution in [0.15, 0.2) is 29.1 Å². The van der Waals surface area contributed by atoms with E-state index in [0.29, 0.717) is 28.6 Å². The summed E-state index contributed by atoms with van der Waals surface area (Å²) < 4.78 is 1.49. The Morgan fingerprint density at radius 1 is 1.22 bits per heavy atom. The van der Waals surface area contributed by atoms with Crippen molar-refractivity contribution in [1.29, 1.82) is 0 Å². The summed E-state index contributed by atoms with van der Waals surface area (Å²) in [6, 6.07) is 7.27. The maximum absolute atomic E-state index is 12.6. The van der Waals surface area contributed by atoms with Gasteiger partial charge in [0, 0.05) is 13.1 Å². The van der Waals surface area contributed by atoms with E-state index in [2.05, 4.69) is 18.8 Å². The molecule has 2 aromatic rings. The van der Waals surface area contributed by atoms with Gasteiger partial charge in [-0.05, 0) is 37.3 Å². The number of benzene rings is 1. The zero-order chi connectivity index (χ0) is 16.6. The molecule has 5 nitrogen and oxygen atoms in total. The van der Waals surface area contributed by atoms with Gasteiger partial charge in [0.05, 0.1) is 10.9 Å². The van der Waals surface area contributed by atoms with Crippen molar-refractivity contribution in [3.63, 3.8) is 0 Å². The molecular formula is C18H23N3O2. The normalized spacial score (nSPS) is 21.6. The minimum absolute atomic E-state index is 0.00526. The fourth-order valence-electron chi connectivity index (χ4n) is 3.57. The molecule has 0 spiro atoms. The number of hydrogen-bond acceptors (Lipinski definition) is 3. The van der Waals surface area contributed by atoms with Gasteiger partial charge in [-0.2, -0.15) is 0 Å². The van der Waals surface area contributed by atoms with Crippen LogP contribution in [-0.2, 0) is 11.3 Å². The molecule has 1 aliphatic heterocycles. The lowest BCUT2D eigenvalue weighted by molar-refractivity contribution is -0.134. The van der Waals surface area contributed by atoms with Crippen LogP contribution in [0.25, 0.3) is 10.9 Å². The Bertz CT molecular complexity index is 786. The Morgan fingerprint density at radius 3 is 2.57 bits per heavy atom. The molecule has 1 aromatic heterocycles. The SMILES string of the molecule is Cc1nc2ccccc2c(=O)n1CC(=O)N1CC(C)CC(C)C1. The standard InChI is InChI=1S/C18H23N3O2/c1-12-8-13(2)10-20(9-12)17(22)11-21-14(3)19-16-7-5-4-6-15(16)18(21)23/h4-7,12-13H,8-11H2,1-3H3. The highest BCUT2D eigenvalue weighted by atomic mass is 16.2. The minimum atomic E-state index is -0.139. The van der Waals surface area contributed by atoms with Crippen LogP contribution < -0.4 is 5.56 Å². The van der Waals surface area contributed by atoms with E-state index in [-0.39, 0.29) is 18.0 Å². The first-order valence-corrected chi connectivity index (χ1v) is 8.19. The third-order valence-corrected chi connectivity index (χ3v) is 4.57. The van der Waals surface area contributed by atoms with Gasteiger partial charge in [-0.15, -0.1) is 0 Å². The summed E-state index contributed by atoms with van der Waals surface area (Å²) >= 11 is 0. The molecule has 2 heterocycles. The zero-order valence-electron chi connectivity index (χ0n) is 14.0. The van der Waals surface area contributed by atoms with E-state index >= 15 is 0 Å². The number of nitrogens with zero attached hydrogens (tertiary/aromatic N) is 3. The number of carbonyl (C=O) groups excluding carboxylic acids is 1. The number of para-hydroxylation sites is 1. The summed E-state index contributed by atoms with van der Waals surface area (Å²) in [5, 5.41) is 0.561. The molecule has 5 heteroatoms. The fourth-order valence-corrected chi connectivity index (χ4v) is 3.57. The molecule has 0 aliphatic carbocycles. The highest BCUT2D eigenvalue weighted by molar-refractivity contribution is 5.79. The lowest BCUT2D eigenvalue weighted by Crippen LogP contribution is -2.45. The molecule has 1 aliphatic rings. The predicted octanol–water partition coefficient (Wildman–Crippen LogP) is 2.21. The van der Waals surface area contributed by atoms with Crippen molar-refractivity contribution < 1.29 is 4.79 Å². The molecule has 1 amide bonds. The lowest BCUT2D eigenvalue weighted by atomic mass is 9.92. The van der Waals surface area contributed by atoms with Gasteiger partial charge >= 0.3 is 0 Å². The highest BCUT2D eigenvalue weighted by Crippen LogP contribution is 2.21. The van der Waals surface area contributed by atoms with E-state index in [9.17, 15) is 9.59 Å². The number of hydrogen-bond donors (Lipinski definition) is 0. The first-order chi connectivity index (χ1) is 11.0. The maximum Gasteiger partial charge on any atom is 0.261 e. The van der Waals surface area contributed by atoms with E-state index in [1.165, 1.54) is 4.57 Å². The van der Waals surface area contributed by atoms with Crippen LogP contribution >= 0.6 is 0 Å².